The first-order valence-corrected chi connectivity index (χ1v) is 13.2. The SMILES string of the molecule is CCCCCCCCC=CCCCCCCCC(=O)NN(c1ccccc1)c1ccccc1. The van der Waals surface area contributed by atoms with E-state index < -0.39 is 0 Å². The summed E-state index contributed by atoms with van der Waals surface area (Å²) in [5.74, 6) is 0.0698. The zero-order valence-electron chi connectivity index (χ0n) is 20.7. The summed E-state index contributed by atoms with van der Waals surface area (Å²) in [6.45, 7) is 2.27. The number of hydrogen-bond donors (Lipinski definition) is 1. The molecule has 0 heterocycles. The van der Waals surface area contributed by atoms with Crippen LogP contribution in [-0.2, 0) is 4.79 Å². The molecule has 0 aliphatic carbocycles. The van der Waals surface area contributed by atoms with Gasteiger partial charge in [0.2, 0.25) is 5.91 Å². The fourth-order valence-corrected chi connectivity index (χ4v) is 3.97. The highest BCUT2D eigenvalue weighted by atomic mass is 16.2. The molecule has 1 amide bonds. The number of anilines is 2. The van der Waals surface area contributed by atoms with E-state index in [9.17, 15) is 4.79 Å². The number of hydrogen-bond acceptors (Lipinski definition) is 2. The van der Waals surface area contributed by atoms with Crippen molar-refractivity contribution >= 4 is 17.3 Å². The average Bonchev–Trinajstić information content (AvgIpc) is 2.86. The van der Waals surface area contributed by atoms with Crippen LogP contribution in [0.4, 0.5) is 11.4 Å². The molecule has 0 saturated carbocycles. The van der Waals surface area contributed by atoms with Crippen molar-refractivity contribution < 1.29 is 4.79 Å². The Labute approximate surface area is 202 Å². The minimum atomic E-state index is 0.0698. The fourth-order valence-electron chi connectivity index (χ4n) is 3.97. The van der Waals surface area contributed by atoms with Gasteiger partial charge in [-0.3, -0.25) is 15.2 Å². The second-order valence-corrected chi connectivity index (χ2v) is 8.88. The molecular formula is C30H44N2O. The van der Waals surface area contributed by atoms with Crippen molar-refractivity contribution in [1.29, 1.82) is 0 Å². The second-order valence-electron chi connectivity index (χ2n) is 8.88. The molecule has 3 nitrogen and oxygen atoms in total. The van der Waals surface area contributed by atoms with Gasteiger partial charge in [-0.1, -0.05) is 107 Å². The van der Waals surface area contributed by atoms with Gasteiger partial charge >= 0.3 is 0 Å². The normalized spacial score (nSPS) is 11.1. The minimum absolute atomic E-state index is 0.0698. The standard InChI is InChI=1S/C30H44N2O/c1-2-3-4-5-6-7-8-9-10-11-12-13-14-15-22-27-30(33)31-32(28-23-18-16-19-24-28)29-25-20-17-21-26-29/h9-10,16-21,23-26H,2-8,11-15,22,27H2,1H3,(H,31,33). The van der Waals surface area contributed by atoms with Crippen molar-refractivity contribution in [3.05, 3.63) is 72.8 Å². The van der Waals surface area contributed by atoms with E-state index >= 15 is 0 Å². The van der Waals surface area contributed by atoms with Gasteiger partial charge in [0.15, 0.2) is 0 Å². The van der Waals surface area contributed by atoms with E-state index in [4.69, 9.17) is 0 Å². The molecule has 2 aromatic carbocycles. The number of carbonyl (C=O) groups excluding carboxylic acids is 1. The first-order valence-electron chi connectivity index (χ1n) is 13.2. The molecule has 0 spiro atoms. The summed E-state index contributed by atoms with van der Waals surface area (Å²) in [7, 11) is 0. The average molecular weight is 449 g/mol. The molecule has 33 heavy (non-hydrogen) atoms. The quantitative estimate of drug-likeness (QED) is 0.140. The predicted octanol–water partition coefficient (Wildman–Crippen LogP) is 8.89. The molecule has 2 rings (SSSR count). The van der Waals surface area contributed by atoms with Gasteiger partial charge in [0.25, 0.3) is 0 Å². The third kappa shape index (κ3) is 12.3. The van der Waals surface area contributed by atoms with Gasteiger partial charge in [-0.05, 0) is 56.4 Å². The van der Waals surface area contributed by atoms with Gasteiger partial charge in [-0.2, -0.15) is 0 Å². The predicted molar refractivity (Wildman–Crippen MR) is 143 cm³/mol. The van der Waals surface area contributed by atoms with Crippen LogP contribution < -0.4 is 10.4 Å². The van der Waals surface area contributed by atoms with Gasteiger partial charge in [0.1, 0.15) is 0 Å². The van der Waals surface area contributed by atoms with E-state index in [1.165, 1.54) is 70.6 Å². The summed E-state index contributed by atoms with van der Waals surface area (Å²) in [4.78, 5) is 12.6. The van der Waals surface area contributed by atoms with Crippen molar-refractivity contribution in [2.45, 2.75) is 96.8 Å². The Morgan fingerprint density at radius 2 is 1.12 bits per heavy atom. The molecule has 0 unspecified atom stereocenters. The summed E-state index contributed by atoms with van der Waals surface area (Å²) >= 11 is 0. The van der Waals surface area contributed by atoms with Crippen molar-refractivity contribution in [2.24, 2.45) is 0 Å². The Morgan fingerprint density at radius 1 is 0.667 bits per heavy atom. The molecule has 0 fully saturated rings. The molecule has 0 aliphatic heterocycles. The van der Waals surface area contributed by atoms with Crippen LogP contribution in [0.15, 0.2) is 72.8 Å². The lowest BCUT2D eigenvalue weighted by atomic mass is 10.1. The molecule has 0 aromatic heterocycles. The lowest BCUT2D eigenvalue weighted by Crippen LogP contribution is -2.38. The third-order valence-corrected chi connectivity index (χ3v) is 5.93. The highest BCUT2D eigenvalue weighted by molar-refractivity contribution is 5.80. The molecular weight excluding hydrogens is 404 g/mol. The zero-order chi connectivity index (χ0) is 23.4. The van der Waals surface area contributed by atoms with Crippen molar-refractivity contribution in [2.75, 3.05) is 5.01 Å². The maximum absolute atomic E-state index is 12.6. The Hall–Kier alpha value is -2.55. The van der Waals surface area contributed by atoms with E-state index in [2.05, 4.69) is 24.5 Å². The van der Waals surface area contributed by atoms with Gasteiger partial charge in [0, 0.05) is 6.42 Å². The number of allylic oxidation sites excluding steroid dienone is 2. The number of carbonyl (C=O) groups is 1. The van der Waals surface area contributed by atoms with E-state index in [1.807, 2.05) is 65.7 Å². The number of nitrogens with one attached hydrogen (secondary N) is 1. The Bertz CT molecular complexity index is 718. The zero-order valence-corrected chi connectivity index (χ0v) is 20.7. The monoisotopic (exact) mass is 448 g/mol. The lowest BCUT2D eigenvalue weighted by molar-refractivity contribution is -0.121. The highest BCUT2D eigenvalue weighted by Crippen LogP contribution is 2.22. The topological polar surface area (TPSA) is 32.3 Å². The van der Waals surface area contributed by atoms with Crippen LogP contribution in [0, 0.1) is 0 Å². The van der Waals surface area contributed by atoms with Gasteiger partial charge in [-0.15, -0.1) is 0 Å². The molecule has 2 aromatic rings. The summed E-state index contributed by atoms with van der Waals surface area (Å²) in [5, 5.41) is 1.87. The van der Waals surface area contributed by atoms with Crippen LogP contribution in [0.1, 0.15) is 96.8 Å². The molecule has 180 valence electrons. The van der Waals surface area contributed by atoms with Crippen LogP contribution in [-0.4, -0.2) is 5.91 Å². The number of unbranched alkanes of at least 4 members (excludes halogenated alkanes) is 11. The summed E-state index contributed by atoms with van der Waals surface area (Å²) in [6.07, 6.45) is 21.8. The Balaban J connectivity index is 1.54. The van der Waals surface area contributed by atoms with Gasteiger partial charge in [0.05, 0.1) is 11.4 Å². The van der Waals surface area contributed by atoms with E-state index in [1.54, 1.807) is 0 Å². The molecule has 1 N–H and O–H groups in total. The second kappa shape index (κ2) is 17.9. The summed E-state index contributed by atoms with van der Waals surface area (Å²) in [6, 6.07) is 20.0. The molecule has 0 atom stereocenters. The summed E-state index contributed by atoms with van der Waals surface area (Å²) < 4.78 is 0. The summed E-state index contributed by atoms with van der Waals surface area (Å²) in [5.41, 5.74) is 5.00. The molecule has 3 heteroatoms. The van der Waals surface area contributed by atoms with Gasteiger partial charge in [-0.25, -0.2) is 0 Å². The van der Waals surface area contributed by atoms with Crippen LogP contribution in [0.25, 0.3) is 0 Å². The molecule has 0 bridgehead atoms. The van der Waals surface area contributed by atoms with E-state index in [0.29, 0.717) is 6.42 Å². The number of hydrazine groups is 1. The van der Waals surface area contributed by atoms with E-state index in [-0.39, 0.29) is 5.91 Å². The van der Waals surface area contributed by atoms with Crippen LogP contribution >= 0.6 is 0 Å². The van der Waals surface area contributed by atoms with Crippen molar-refractivity contribution in [3.8, 4) is 0 Å². The minimum Gasteiger partial charge on any atom is -0.273 e. The van der Waals surface area contributed by atoms with E-state index in [0.717, 1.165) is 24.2 Å². The third-order valence-electron chi connectivity index (χ3n) is 5.93. The molecule has 0 radical (unpaired) electrons. The number of benzene rings is 2. The number of rotatable bonds is 18. The lowest BCUT2D eigenvalue weighted by Gasteiger charge is -2.25. The smallest absolute Gasteiger partial charge is 0.238 e. The Kier molecular flexibility index (Phi) is 14.5. The highest BCUT2D eigenvalue weighted by Gasteiger charge is 2.12. The molecule has 0 aliphatic rings. The fraction of sp³-hybridized carbons (Fsp3) is 0.500. The van der Waals surface area contributed by atoms with Gasteiger partial charge < -0.3 is 0 Å². The van der Waals surface area contributed by atoms with Crippen molar-refractivity contribution in [3.63, 3.8) is 0 Å². The maximum atomic E-state index is 12.6. The number of amides is 1. The van der Waals surface area contributed by atoms with Crippen LogP contribution in [0.3, 0.4) is 0 Å². The first-order chi connectivity index (χ1) is 16.3. The maximum Gasteiger partial charge on any atom is 0.238 e. The van der Waals surface area contributed by atoms with Crippen LogP contribution in [0.2, 0.25) is 0 Å². The largest absolute Gasteiger partial charge is 0.273 e. The van der Waals surface area contributed by atoms with Crippen molar-refractivity contribution in [1.82, 2.24) is 5.43 Å². The number of nitrogens with zero attached hydrogens (tertiary/aromatic N) is 1. The Morgan fingerprint density at radius 3 is 1.64 bits per heavy atom. The first kappa shape index (κ1) is 26.7. The number of para-hydroxylation sites is 2. The molecule has 0 saturated heterocycles. The van der Waals surface area contributed by atoms with Crippen LogP contribution in [0.5, 0.6) is 0 Å².